The van der Waals surface area contributed by atoms with Crippen LogP contribution in [0.5, 0.6) is 0 Å². The van der Waals surface area contributed by atoms with Gasteiger partial charge in [0.1, 0.15) is 5.69 Å². The fourth-order valence-corrected chi connectivity index (χ4v) is 2.14. The molecule has 1 aromatic carbocycles. The lowest BCUT2D eigenvalue weighted by atomic mass is 10.1. The van der Waals surface area contributed by atoms with E-state index in [1.165, 1.54) is 0 Å². The van der Waals surface area contributed by atoms with E-state index in [4.69, 9.17) is 4.52 Å². The van der Waals surface area contributed by atoms with Crippen molar-refractivity contribution in [3.05, 3.63) is 48.2 Å². The van der Waals surface area contributed by atoms with Gasteiger partial charge in [0.25, 0.3) is 5.89 Å². The molecular formula is C16H16N4O. The van der Waals surface area contributed by atoms with Crippen molar-refractivity contribution in [2.24, 2.45) is 0 Å². The summed E-state index contributed by atoms with van der Waals surface area (Å²) in [7, 11) is 1.88. The third kappa shape index (κ3) is 2.63. The minimum absolute atomic E-state index is 0.500. The fraction of sp³-hybridized carbons (Fsp3) is 0.188. The second kappa shape index (κ2) is 5.75. The SMILES string of the molecule is CCc1cccnc1-c1noc(-c2ccc(NC)cc2)n1. The summed E-state index contributed by atoms with van der Waals surface area (Å²) in [5.41, 5.74) is 3.82. The van der Waals surface area contributed by atoms with E-state index in [0.29, 0.717) is 11.7 Å². The highest BCUT2D eigenvalue weighted by atomic mass is 16.5. The standard InChI is InChI=1S/C16H16N4O/c1-3-11-5-4-10-18-14(11)15-19-16(21-20-15)12-6-8-13(17-2)9-7-12/h4-10,17H,3H2,1-2H3. The minimum atomic E-state index is 0.500. The molecule has 0 fully saturated rings. The van der Waals surface area contributed by atoms with Crippen LogP contribution in [0.1, 0.15) is 12.5 Å². The Labute approximate surface area is 123 Å². The molecule has 2 heterocycles. The Morgan fingerprint density at radius 2 is 1.95 bits per heavy atom. The van der Waals surface area contributed by atoms with E-state index >= 15 is 0 Å². The van der Waals surface area contributed by atoms with E-state index in [2.05, 4.69) is 27.4 Å². The largest absolute Gasteiger partial charge is 0.388 e. The van der Waals surface area contributed by atoms with Crippen LogP contribution in [0, 0.1) is 0 Å². The zero-order valence-corrected chi connectivity index (χ0v) is 12.0. The van der Waals surface area contributed by atoms with Gasteiger partial charge in [0.05, 0.1) is 0 Å². The molecule has 1 N–H and O–H groups in total. The zero-order chi connectivity index (χ0) is 14.7. The van der Waals surface area contributed by atoms with Crippen LogP contribution in [0.25, 0.3) is 23.0 Å². The molecule has 5 nitrogen and oxygen atoms in total. The summed E-state index contributed by atoms with van der Waals surface area (Å²) >= 11 is 0. The van der Waals surface area contributed by atoms with Gasteiger partial charge in [-0.25, -0.2) is 0 Å². The molecule has 0 spiro atoms. The molecule has 0 saturated carbocycles. The first-order chi connectivity index (χ1) is 10.3. The second-order valence-electron chi connectivity index (χ2n) is 4.62. The number of aromatic nitrogens is 3. The molecular weight excluding hydrogens is 264 g/mol. The molecule has 5 heteroatoms. The van der Waals surface area contributed by atoms with Gasteiger partial charge in [-0.05, 0) is 42.3 Å². The first-order valence-corrected chi connectivity index (χ1v) is 6.88. The fourth-order valence-electron chi connectivity index (χ4n) is 2.14. The lowest BCUT2D eigenvalue weighted by Gasteiger charge is -2.00. The summed E-state index contributed by atoms with van der Waals surface area (Å²) in [4.78, 5) is 8.81. The highest BCUT2D eigenvalue weighted by Crippen LogP contribution is 2.24. The van der Waals surface area contributed by atoms with Crippen molar-refractivity contribution in [3.63, 3.8) is 0 Å². The summed E-state index contributed by atoms with van der Waals surface area (Å²) in [5, 5.41) is 7.12. The van der Waals surface area contributed by atoms with Gasteiger partial charge in [-0.2, -0.15) is 4.98 Å². The molecule has 0 unspecified atom stereocenters. The van der Waals surface area contributed by atoms with Crippen LogP contribution < -0.4 is 5.32 Å². The second-order valence-corrected chi connectivity index (χ2v) is 4.62. The third-order valence-electron chi connectivity index (χ3n) is 3.33. The number of anilines is 1. The first-order valence-electron chi connectivity index (χ1n) is 6.88. The summed E-state index contributed by atoms with van der Waals surface area (Å²) < 4.78 is 5.36. The van der Waals surface area contributed by atoms with Crippen LogP contribution in [-0.2, 0) is 6.42 Å². The average molecular weight is 280 g/mol. The number of nitrogens with zero attached hydrogens (tertiary/aromatic N) is 3. The Kier molecular flexibility index (Phi) is 3.64. The molecule has 106 valence electrons. The van der Waals surface area contributed by atoms with Gasteiger partial charge in [-0.3, -0.25) is 4.98 Å². The number of benzene rings is 1. The van der Waals surface area contributed by atoms with Crippen LogP contribution in [0.3, 0.4) is 0 Å². The van der Waals surface area contributed by atoms with Gasteiger partial charge in [0.2, 0.25) is 5.82 Å². The van der Waals surface area contributed by atoms with Crippen molar-refractivity contribution in [3.8, 4) is 23.0 Å². The average Bonchev–Trinajstić information content (AvgIpc) is 3.04. The van der Waals surface area contributed by atoms with Crippen LogP contribution in [-0.4, -0.2) is 22.2 Å². The van der Waals surface area contributed by atoms with E-state index in [1.807, 2.05) is 43.4 Å². The van der Waals surface area contributed by atoms with Crippen LogP contribution in [0.4, 0.5) is 5.69 Å². The van der Waals surface area contributed by atoms with Crippen molar-refractivity contribution in [1.82, 2.24) is 15.1 Å². The molecule has 0 atom stereocenters. The molecule has 0 radical (unpaired) electrons. The monoisotopic (exact) mass is 280 g/mol. The number of aryl methyl sites for hydroxylation is 1. The molecule has 3 aromatic rings. The molecule has 0 saturated heterocycles. The highest BCUT2D eigenvalue weighted by Gasteiger charge is 2.14. The number of hydrogen-bond donors (Lipinski definition) is 1. The molecule has 0 aliphatic heterocycles. The van der Waals surface area contributed by atoms with Crippen molar-refractivity contribution < 1.29 is 4.52 Å². The summed E-state index contributed by atoms with van der Waals surface area (Å²) in [5.74, 6) is 1.03. The van der Waals surface area contributed by atoms with Crippen molar-refractivity contribution in [1.29, 1.82) is 0 Å². The summed E-state index contributed by atoms with van der Waals surface area (Å²) in [6.45, 7) is 2.08. The van der Waals surface area contributed by atoms with Crippen LogP contribution in [0.2, 0.25) is 0 Å². The normalized spacial score (nSPS) is 10.6. The Hall–Kier alpha value is -2.69. The molecule has 3 rings (SSSR count). The van der Waals surface area contributed by atoms with E-state index < -0.39 is 0 Å². The number of rotatable bonds is 4. The molecule has 0 amide bonds. The Bertz CT molecular complexity index is 734. The Morgan fingerprint density at radius 3 is 2.67 bits per heavy atom. The van der Waals surface area contributed by atoms with Crippen molar-refractivity contribution in [2.45, 2.75) is 13.3 Å². The highest BCUT2D eigenvalue weighted by molar-refractivity contribution is 5.61. The molecule has 0 bridgehead atoms. The quantitative estimate of drug-likeness (QED) is 0.793. The van der Waals surface area contributed by atoms with Gasteiger partial charge >= 0.3 is 0 Å². The Morgan fingerprint density at radius 1 is 1.14 bits per heavy atom. The number of nitrogens with one attached hydrogen (secondary N) is 1. The zero-order valence-electron chi connectivity index (χ0n) is 12.0. The van der Waals surface area contributed by atoms with E-state index in [-0.39, 0.29) is 0 Å². The maximum absolute atomic E-state index is 5.36. The lowest BCUT2D eigenvalue weighted by Crippen LogP contribution is -1.92. The molecule has 21 heavy (non-hydrogen) atoms. The van der Waals surface area contributed by atoms with Gasteiger partial charge in [0, 0.05) is 24.5 Å². The lowest BCUT2D eigenvalue weighted by molar-refractivity contribution is 0.432. The Balaban J connectivity index is 1.95. The van der Waals surface area contributed by atoms with Crippen molar-refractivity contribution >= 4 is 5.69 Å². The predicted molar refractivity (Wildman–Crippen MR) is 81.9 cm³/mol. The van der Waals surface area contributed by atoms with E-state index in [1.54, 1.807) is 6.20 Å². The summed E-state index contributed by atoms with van der Waals surface area (Å²) in [6, 6.07) is 11.8. The van der Waals surface area contributed by atoms with E-state index in [9.17, 15) is 0 Å². The predicted octanol–water partition coefficient (Wildman–Crippen LogP) is 3.40. The van der Waals surface area contributed by atoms with Gasteiger partial charge in [0.15, 0.2) is 0 Å². The molecule has 0 aliphatic carbocycles. The van der Waals surface area contributed by atoms with Gasteiger partial charge in [-0.1, -0.05) is 18.1 Å². The summed E-state index contributed by atoms with van der Waals surface area (Å²) in [6.07, 6.45) is 2.62. The molecule has 0 aliphatic rings. The van der Waals surface area contributed by atoms with Crippen molar-refractivity contribution in [2.75, 3.05) is 12.4 Å². The van der Waals surface area contributed by atoms with Crippen LogP contribution in [0.15, 0.2) is 47.1 Å². The maximum Gasteiger partial charge on any atom is 0.258 e. The van der Waals surface area contributed by atoms with Crippen LogP contribution >= 0.6 is 0 Å². The first kappa shape index (κ1) is 13.3. The maximum atomic E-state index is 5.36. The third-order valence-corrected chi connectivity index (χ3v) is 3.33. The topological polar surface area (TPSA) is 63.8 Å². The smallest absolute Gasteiger partial charge is 0.258 e. The number of pyridine rings is 1. The minimum Gasteiger partial charge on any atom is -0.388 e. The molecule has 2 aromatic heterocycles. The number of hydrogen-bond acceptors (Lipinski definition) is 5. The van der Waals surface area contributed by atoms with E-state index in [0.717, 1.165) is 28.9 Å². The van der Waals surface area contributed by atoms with Gasteiger partial charge in [-0.15, -0.1) is 0 Å². The van der Waals surface area contributed by atoms with Gasteiger partial charge < -0.3 is 9.84 Å².